The molecule has 0 aromatic heterocycles. The molecule has 1 fully saturated rings. The number of nitrogens with one attached hydrogen (secondary N) is 1. The summed E-state index contributed by atoms with van der Waals surface area (Å²) in [5.41, 5.74) is 0.218. The van der Waals surface area contributed by atoms with Crippen molar-refractivity contribution in [3.63, 3.8) is 0 Å². The number of hydrogen-bond donors (Lipinski definition) is 2. The zero-order chi connectivity index (χ0) is 16.3. The molecule has 0 radical (unpaired) electrons. The number of amides is 4. The average Bonchev–Trinajstić information content (AvgIpc) is 2.48. The molecule has 1 aromatic carbocycles. The third-order valence-electron chi connectivity index (χ3n) is 3.01. The lowest BCUT2D eigenvalue weighted by Crippen LogP contribution is -2.54. The monoisotopic (exact) mass is 302 g/mol. The van der Waals surface area contributed by atoms with Crippen LogP contribution in [0.15, 0.2) is 36.4 Å². The number of aromatic hydroxyl groups is 1. The molecule has 2 N–H and O–H groups in total. The number of phenolic OH excluding ortho intramolecular Hbond substituents is 1. The maximum atomic E-state index is 12.2. The van der Waals surface area contributed by atoms with Crippen molar-refractivity contribution in [1.29, 1.82) is 0 Å². The molecule has 2 rings (SSSR count). The third-order valence-corrected chi connectivity index (χ3v) is 3.01. The van der Waals surface area contributed by atoms with Gasteiger partial charge in [-0.1, -0.05) is 12.1 Å². The van der Waals surface area contributed by atoms with Crippen molar-refractivity contribution in [3.05, 3.63) is 42.0 Å². The minimum atomic E-state index is -0.787. The first-order valence-corrected chi connectivity index (χ1v) is 6.34. The van der Waals surface area contributed by atoms with Crippen LogP contribution < -0.4 is 10.1 Å². The van der Waals surface area contributed by atoms with Crippen LogP contribution in [0.1, 0.15) is 5.56 Å². The zero-order valence-corrected chi connectivity index (χ0v) is 11.8. The molecule has 0 saturated carbocycles. The summed E-state index contributed by atoms with van der Waals surface area (Å²) >= 11 is 0. The van der Waals surface area contributed by atoms with Crippen LogP contribution in [0.5, 0.6) is 11.5 Å². The quantitative estimate of drug-likeness (QED) is 0.492. The molecular formula is C15H14N2O5. The zero-order valence-electron chi connectivity index (χ0n) is 11.8. The van der Waals surface area contributed by atoms with Crippen LogP contribution in [0.4, 0.5) is 4.79 Å². The molecule has 0 spiro atoms. The van der Waals surface area contributed by atoms with Gasteiger partial charge in [0.15, 0.2) is 11.5 Å². The van der Waals surface area contributed by atoms with Gasteiger partial charge in [-0.05, 0) is 23.8 Å². The Bertz CT molecular complexity index is 693. The van der Waals surface area contributed by atoms with Crippen molar-refractivity contribution < 1.29 is 24.2 Å². The largest absolute Gasteiger partial charge is 0.504 e. The Labute approximate surface area is 126 Å². The van der Waals surface area contributed by atoms with Gasteiger partial charge in [-0.25, -0.2) is 4.79 Å². The van der Waals surface area contributed by atoms with Gasteiger partial charge >= 0.3 is 6.03 Å². The second-order valence-corrected chi connectivity index (χ2v) is 4.45. The highest BCUT2D eigenvalue weighted by Crippen LogP contribution is 2.27. The van der Waals surface area contributed by atoms with Gasteiger partial charge in [0.25, 0.3) is 11.8 Å². The lowest BCUT2D eigenvalue weighted by atomic mass is 10.1. The molecule has 1 saturated heterocycles. The van der Waals surface area contributed by atoms with Crippen LogP contribution in [0.2, 0.25) is 0 Å². The number of carbonyl (C=O) groups excluding carboxylic acids is 3. The van der Waals surface area contributed by atoms with E-state index in [1.54, 1.807) is 6.07 Å². The lowest BCUT2D eigenvalue weighted by Gasteiger charge is -2.25. The van der Waals surface area contributed by atoms with Gasteiger partial charge in [-0.15, -0.1) is 6.58 Å². The van der Waals surface area contributed by atoms with E-state index in [0.717, 1.165) is 4.90 Å². The molecule has 0 unspecified atom stereocenters. The minimum absolute atomic E-state index is 0.0108. The summed E-state index contributed by atoms with van der Waals surface area (Å²) in [7, 11) is 1.41. The van der Waals surface area contributed by atoms with E-state index in [2.05, 4.69) is 11.9 Å². The van der Waals surface area contributed by atoms with Gasteiger partial charge in [-0.2, -0.15) is 0 Å². The first-order valence-electron chi connectivity index (χ1n) is 6.34. The molecule has 0 bridgehead atoms. The third kappa shape index (κ3) is 2.83. The fourth-order valence-electron chi connectivity index (χ4n) is 1.95. The summed E-state index contributed by atoms with van der Waals surface area (Å²) in [4.78, 5) is 36.5. The van der Waals surface area contributed by atoms with E-state index in [9.17, 15) is 19.5 Å². The Balaban J connectivity index is 2.38. The predicted molar refractivity (Wildman–Crippen MR) is 78.1 cm³/mol. The highest BCUT2D eigenvalue weighted by molar-refractivity contribution is 6.31. The Hall–Kier alpha value is -3.09. The second kappa shape index (κ2) is 6.13. The SMILES string of the molecule is C=CCN1C(=O)NC(=O)/C(=C\c2ccc(OC)c(O)c2)C1=O. The summed E-state index contributed by atoms with van der Waals surface area (Å²) in [5.74, 6) is -1.36. The fourth-order valence-corrected chi connectivity index (χ4v) is 1.95. The maximum Gasteiger partial charge on any atom is 0.331 e. The predicted octanol–water partition coefficient (Wildman–Crippen LogP) is 1.05. The van der Waals surface area contributed by atoms with Crippen LogP contribution >= 0.6 is 0 Å². The number of hydrogen-bond acceptors (Lipinski definition) is 5. The Kier molecular flexibility index (Phi) is 4.26. The summed E-state index contributed by atoms with van der Waals surface area (Å²) in [5, 5.41) is 11.8. The molecule has 7 nitrogen and oxygen atoms in total. The van der Waals surface area contributed by atoms with Crippen LogP contribution in [-0.2, 0) is 9.59 Å². The highest BCUT2D eigenvalue weighted by Gasteiger charge is 2.34. The van der Waals surface area contributed by atoms with Gasteiger partial charge < -0.3 is 9.84 Å². The first kappa shape index (κ1) is 15.3. The Morgan fingerprint density at radius 1 is 1.36 bits per heavy atom. The van der Waals surface area contributed by atoms with Gasteiger partial charge in [0.2, 0.25) is 0 Å². The van der Waals surface area contributed by atoms with Crippen LogP contribution in [0.25, 0.3) is 6.08 Å². The van der Waals surface area contributed by atoms with Gasteiger partial charge in [0, 0.05) is 6.54 Å². The van der Waals surface area contributed by atoms with Crippen LogP contribution in [0, 0.1) is 0 Å². The number of nitrogens with zero attached hydrogens (tertiary/aromatic N) is 1. The topological polar surface area (TPSA) is 95.9 Å². The molecule has 7 heteroatoms. The van der Waals surface area contributed by atoms with Crippen LogP contribution in [0.3, 0.4) is 0 Å². The van der Waals surface area contributed by atoms with Crippen molar-refractivity contribution in [3.8, 4) is 11.5 Å². The maximum absolute atomic E-state index is 12.2. The van der Waals surface area contributed by atoms with Crippen molar-refractivity contribution >= 4 is 23.9 Å². The first-order chi connectivity index (χ1) is 10.5. The van der Waals surface area contributed by atoms with Gasteiger partial charge in [0.05, 0.1) is 7.11 Å². The van der Waals surface area contributed by atoms with E-state index in [1.165, 1.54) is 31.4 Å². The van der Waals surface area contributed by atoms with E-state index in [-0.39, 0.29) is 23.6 Å². The number of methoxy groups -OCH3 is 1. The normalized spacial score (nSPS) is 16.7. The Morgan fingerprint density at radius 2 is 2.09 bits per heavy atom. The van der Waals surface area contributed by atoms with Gasteiger partial charge in [0.1, 0.15) is 5.57 Å². The molecule has 4 amide bonds. The number of ether oxygens (including phenoxy) is 1. The van der Waals surface area contributed by atoms with E-state index < -0.39 is 17.8 Å². The number of rotatable bonds is 4. The van der Waals surface area contributed by atoms with E-state index in [4.69, 9.17) is 4.74 Å². The molecule has 1 aliphatic rings. The van der Waals surface area contributed by atoms with Gasteiger partial charge in [-0.3, -0.25) is 19.8 Å². The molecular weight excluding hydrogens is 288 g/mol. The van der Waals surface area contributed by atoms with E-state index >= 15 is 0 Å². The van der Waals surface area contributed by atoms with Crippen LogP contribution in [-0.4, -0.2) is 41.5 Å². The summed E-state index contributed by atoms with van der Waals surface area (Å²) in [6.07, 6.45) is 2.67. The molecule has 1 aliphatic heterocycles. The molecule has 22 heavy (non-hydrogen) atoms. The fraction of sp³-hybridized carbons (Fsp3) is 0.133. The van der Waals surface area contributed by atoms with Crippen molar-refractivity contribution in [2.75, 3.05) is 13.7 Å². The highest BCUT2D eigenvalue weighted by atomic mass is 16.5. The second-order valence-electron chi connectivity index (χ2n) is 4.45. The summed E-state index contributed by atoms with van der Waals surface area (Å²) < 4.78 is 4.91. The summed E-state index contributed by atoms with van der Waals surface area (Å²) in [6, 6.07) is 3.63. The van der Waals surface area contributed by atoms with E-state index in [1.807, 2.05) is 0 Å². The molecule has 114 valence electrons. The molecule has 0 atom stereocenters. The number of phenols is 1. The van der Waals surface area contributed by atoms with Crippen molar-refractivity contribution in [2.24, 2.45) is 0 Å². The molecule has 1 heterocycles. The number of barbiturate groups is 1. The van der Waals surface area contributed by atoms with Crippen molar-refractivity contribution in [1.82, 2.24) is 10.2 Å². The minimum Gasteiger partial charge on any atom is -0.504 e. The smallest absolute Gasteiger partial charge is 0.331 e. The number of carbonyl (C=O) groups is 3. The summed E-state index contributed by atoms with van der Waals surface area (Å²) in [6.45, 7) is 3.45. The number of benzene rings is 1. The standard InChI is InChI=1S/C15H14N2O5/c1-3-6-17-14(20)10(13(19)16-15(17)21)7-9-4-5-12(22-2)11(18)8-9/h3-5,7-8,18H,1,6H2,2H3,(H,16,19,21)/b10-7+. The average molecular weight is 302 g/mol. The number of imide groups is 2. The van der Waals surface area contributed by atoms with E-state index in [0.29, 0.717) is 5.56 Å². The Morgan fingerprint density at radius 3 is 2.68 bits per heavy atom. The molecule has 1 aromatic rings. The van der Waals surface area contributed by atoms with Crippen molar-refractivity contribution in [2.45, 2.75) is 0 Å². The molecule has 0 aliphatic carbocycles. The lowest BCUT2D eigenvalue weighted by molar-refractivity contribution is -0.129. The number of urea groups is 1.